The maximum absolute atomic E-state index is 12.2. The molecule has 0 aromatic carbocycles. The van der Waals surface area contributed by atoms with Crippen LogP contribution < -0.4 is 0 Å². The second kappa shape index (κ2) is 6.97. The van der Waals surface area contributed by atoms with Gasteiger partial charge in [0.2, 0.25) is 0 Å². The SMILES string of the molecule is CC(C)c1nc(CN2C[C@@H]3CN(C4CCCCC4)C[C@]3(C(=O)O)C2)co1. The highest BCUT2D eigenvalue weighted by atomic mass is 16.4. The molecule has 2 atom stereocenters. The standard InChI is InChI=1S/C20H31N3O3/c1-14(2)18-21-16(11-26-18)10-22-8-15-9-23(17-6-4-3-5-7-17)13-20(15,12-22)19(24)25/h11,14-15,17H,3-10,12-13H2,1-2H3,(H,24,25)/t15-,20-/m1/s1. The zero-order valence-electron chi connectivity index (χ0n) is 16.0. The maximum Gasteiger partial charge on any atom is 0.312 e. The number of fused-ring (bicyclic) bond motifs is 1. The quantitative estimate of drug-likeness (QED) is 0.869. The first-order valence-corrected chi connectivity index (χ1v) is 10.1. The lowest BCUT2D eigenvalue weighted by atomic mass is 9.81. The molecule has 2 aliphatic heterocycles. The van der Waals surface area contributed by atoms with Crippen molar-refractivity contribution in [2.75, 3.05) is 26.2 Å². The van der Waals surface area contributed by atoms with Crippen LogP contribution in [0.15, 0.2) is 10.7 Å². The zero-order valence-corrected chi connectivity index (χ0v) is 16.0. The Morgan fingerprint density at radius 1 is 1.31 bits per heavy atom. The minimum Gasteiger partial charge on any atom is -0.481 e. The van der Waals surface area contributed by atoms with Crippen molar-refractivity contribution in [3.8, 4) is 0 Å². The predicted octanol–water partition coefficient (Wildman–Crippen LogP) is 2.95. The van der Waals surface area contributed by atoms with Crippen LogP contribution in [-0.4, -0.2) is 58.1 Å². The largest absolute Gasteiger partial charge is 0.481 e. The first-order valence-electron chi connectivity index (χ1n) is 10.1. The minimum absolute atomic E-state index is 0.221. The van der Waals surface area contributed by atoms with E-state index >= 15 is 0 Å². The van der Waals surface area contributed by atoms with Crippen molar-refractivity contribution >= 4 is 5.97 Å². The monoisotopic (exact) mass is 361 g/mol. The summed E-state index contributed by atoms with van der Waals surface area (Å²) in [5, 5.41) is 10.1. The fourth-order valence-corrected chi connectivity index (χ4v) is 5.24. The number of likely N-dealkylation sites (tertiary alicyclic amines) is 2. The Morgan fingerprint density at radius 2 is 2.08 bits per heavy atom. The van der Waals surface area contributed by atoms with Gasteiger partial charge in [0.15, 0.2) is 5.89 Å². The number of oxazole rings is 1. The normalized spacial score (nSPS) is 31.0. The van der Waals surface area contributed by atoms with Gasteiger partial charge in [-0.1, -0.05) is 33.1 Å². The highest BCUT2D eigenvalue weighted by molar-refractivity contribution is 5.77. The van der Waals surface area contributed by atoms with E-state index in [2.05, 4.69) is 28.6 Å². The Labute approximate surface area is 155 Å². The average Bonchev–Trinajstić information content (AvgIpc) is 3.29. The van der Waals surface area contributed by atoms with E-state index in [0.717, 1.165) is 24.7 Å². The van der Waals surface area contributed by atoms with Crippen LogP contribution in [0, 0.1) is 11.3 Å². The summed E-state index contributed by atoms with van der Waals surface area (Å²) in [6.45, 7) is 7.93. The van der Waals surface area contributed by atoms with Crippen LogP contribution in [0.1, 0.15) is 63.5 Å². The van der Waals surface area contributed by atoms with E-state index in [1.54, 1.807) is 6.26 Å². The van der Waals surface area contributed by atoms with Crippen LogP contribution in [-0.2, 0) is 11.3 Å². The summed E-state index contributed by atoms with van der Waals surface area (Å²) < 4.78 is 5.54. The Morgan fingerprint density at radius 3 is 2.69 bits per heavy atom. The van der Waals surface area contributed by atoms with Crippen LogP contribution in [0.25, 0.3) is 0 Å². The smallest absolute Gasteiger partial charge is 0.312 e. The Bertz CT molecular complexity index is 652. The molecule has 0 bridgehead atoms. The molecule has 144 valence electrons. The Balaban J connectivity index is 1.43. The van der Waals surface area contributed by atoms with Gasteiger partial charge >= 0.3 is 5.97 Å². The van der Waals surface area contributed by atoms with E-state index in [1.807, 2.05) is 0 Å². The fraction of sp³-hybridized carbons (Fsp3) is 0.800. The van der Waals surface area contributed by atoms with Crippen molar-refractivity contribution in [2.45, 2.75) is 64.5 Å². The van der Waals surface area contributed by atoms with Crippen LogP contribution in [0.5, 0.6) is 0 Å². The van der Waals surface area contributed by atoms with E-state index in [9.17, 15) is 9.90 Å². The third kappa shape index (κ3) is 3.18. The summed E-state index contributed by atoms with van der Waals surface area (Å²) in [6.07, 6.45) is 8.13. The molecule has 0 amide bonds. The molecule has 0 spiro atoms. The van der Waals surface area contributed by atoms with Gasteiger partial charge in [0.25, 0.3) is 0 Å². The number of carbonyl (C=O) groups is 1. The van der Waals surface area contributed by atoms with Gasteiger partial charge in [-0.3, -0.25) is 14.6 Å². The number of nitrogens with zero attached hydrogens (tertiary/aromatic N) is 3. The lowest BCUT2D eigenvalue weighted by molar-refractivity contribution is -0.149. The summed E-state index contributed by atoms with van der Waals surface area (Å²) in [7, 11) is 0. The summed E-state index contributed by atoms with van der Waals surface area (Å²) in [5.41, 5.74) is 0.306. The summed E-state index contributed by atoms with van der Waals surface area (Å²) in [6, 6.07) is 0.600. The molecular formula is C20H31N3O3. The van der Waals surface area contributed by atoms with Gasteiger partial charge in [-0.25, -0.2) is 4.98 Å². The highest BCUT2D eigenvalue weighted by Crippen LogP contribution is 2.45. The molecule has 6 nitrogen and oxygen atoms in total. The van der Waals surface area contributed by atoms with E-state index in [4.69, 9.17) is 4.42 Å². The third-order valence-corrected chi connectivity index (χ3v) is 6.67. The molecule has 3 heterocycles. The van der Waals surface area contributed by atoms with Gasteiger partial charge < -0.3 is 9.52 Å². The van der Waals surface area contributed by atoms with Gasteiger partial charge in [0.1, 0.15) is 6.26 Å². The second-order valence-corrected chi connectivity index (χ2v) is 8.88. The number of hydrogen-bond donors (Lipinski definition) is 1. The van der Waals surface area contributed by atoms with Crippen molar-refractivity contribution in [3.63, 3.8) is 0 Å². The molecule has 1 aromatic heterocycles. The molecule has 6 heteroatoms. The lowest BCUT2D eigenvalue weighted by Gasteiger charge is -2.33. The Kier molecular flexibility index (Phi) is 4.82. The zero-order chi connectivity index (χ0) is 18.3. The van der Waals surface area contributed by atoms with Gasteiger partial charge in [-0.15, -0.1) is 0 Å². The van der Waals surface area contributed by atoms with Crippen molar-refractivity contribution in [1.82, 2.24) is 14.8 Å². The number of aromatic nitrogens is 1. The highest BCUT2D eigenvalue weighted by Gasteiger charge is 2.58. The molecule has 2 saturated heterocycles. The van der Waals surface area contributed by atoms with Gasteiger partial charge in [0, 0.05) is 50.6 Å². The minimum atomic E-state index is -0.619. The summed E-state index contributed by atoms with van der Waals surface area (Å²) in [4.78, 5) is 21.5. The van der Waals surface area contributed by atoms with Gasteiger partial charge in [-0.2, -0.15) is 0 Å². The van der Waals surface area contributed by atoms with E-state index < -0.39 is 11.4 Å². The molecule has 0 unspecified atom stereocenters. The van der Waals surface area contributed by atoms with E-state index in [0.29, 0.717) is 25.7 Å². The molecule has 1 N–H and O–H groups in total. The van der Waals surface area contributed by atoms with Crippen molar-refractivity contribution in [2.24, 2.45) is 11.3 Å². The molecular weight excluding hydrogens is 330 g/mol. The number of hydrogen-bond acceptors (Lipinski definition) is 5. The maximum atomic E-state index is 12.2. The number of aliphatic carboxylic acids is 1. The topological polar surface area (TPSA) is 69.8 Å². The molecule has 3 fully saturated rings. The third-order valence-electron chi connectivity index (χ3n) is 6.67. The second-order valence-electron chi connectivity index (χ2n) is 8.88. The van der Waals surface area contributed by atoms with Gasteiger partial charge in [0.05, 0.1) is 11.1 Å². The first kappa shape index (κ1) is 18.0. The fourth-order valence-electron chi connectivity index (χ4n) is 5.24. The number of carboxylic acids is 1. The van der Waals surface area contributed by atoms with Crippen LogP contribution in [0.4, 0.5) is 0 Å². The molecule has 26 heavy (non-hydrogen) atoms. The van der Waals surface area contributed by atoms with Crippen LogP contribution in [0.3, 0.4) is 0 Å². The van der Waals surface area contributed by atoms with Crippen molar-refractivity contribution in [1.29, 1.82) is 0 Å². The lowest BCUT2D eigenvalue weighted by Crippen LogP contribution is -2.43. The summed E-state index contributed by atoms with van der Waals surface area (Å²) in [5.74, 6) is 0.636. The average molecular weight is 361 g/mol. The Hall–Kier alpha value is -1.40. The molecule has 3 aliphatic rings. The molecule has 1 aliphatic carbocycles. The van der Waals surface area contributed by atoms with E-state index in [-0.39, 0.29) is 11.8 Å². The summed E-state index contributed by atoms with van der Waals surface area (Å²) >= 11 is 0. The number of carboxylic acid groups (broad SMARTS) is 1. The van der Waals surface area contributed by atoms with Crippen molar-refractivity contribution < 1.29 is 14.3 Å². The molecule has 1 aromatic rings. The van der Waals surface area contributed by atoms with Crippen molar-refractivity contribution in [3.05, 3.63) is 17.8 Å². The van der Waals surface area contributed by atoms with Gasteiger partial charge in [-0.05, 0) is 12.8 Å². The first-order chi connectivity index (χ1) is 12.5. The number of rotatable bonds is 5. The molecule has 1 saturated carbocycles. The van der Waals surface area contributed by atoms with Crippen LogP contribution >= 0.6 is 0 Å². The molecule has 0 radical (unpaired) electrons. The van der Waals surface area contributed by atoms with Crippen LogP contribution in [0.2, 0.25) is 0 Å². The predicted molar refractivity (Wildman–Crippen MR) is 97.9 cm³/mol. The molecule has 4 rings (SSSR count). The van der Waals surface area contributed by atoms with E-state index in [1.165, 1.54) is 32.1 Å².